The first kappa shape index (κ1) is 14.6. The molecule has 0 saturated heterocycles. The first-order valence-corrected chi connectivity index (χ1v) is 6.82. The van der Waals surface area contributed by atoms with Gasteiger partial charge in [0.15, 0.2) is 0 Å². The van der Waals surface area contributed by atoms with Crippen LogP contribution in [0.4, 0.5) is 5.69 Å². The normalized spacial score (nSPS) is 12.4. The summed E-state index contributed by atoms with van der Waals surface area (Å²) < 4.78 is 1.91. The molecule has 0 aliphatic heterocycles. The van der Waals surface area contributed by atoms with E-state index in [9.17, 15) is 0 Å². The lowest BCUT2D eigenvalue weighted by molar-refractivity contribution is 0.507. The standard InChI is InChI=1S/C15H23N5/c1-19(2)14-6-4-5-12(11-14)15(18-16)8-7-13-9-10-17-20(13)3/h4-6,9-11,15,18H,7-8,16H2,1-3H3. The Labute approximate surface area is 120 Å². The van der Waals surface area contributed by atoms with Crippen molar-refractivity contribution in [1.29, 1.82) is 0 Å². The number of aryl methyl sites for hydroxylation is 2. The van der Waals surface area contributed by atoms with Gasteiger partial charge in [0.05, 0.1) is 0 Å². The van der Waals surface area contributed by atoms with Crippen LogP contribution in [0.2, 0.25) is 0 Å². The molecule has 0 aliphatic rings. The van der Waals surface area contributed by atoms with E-state index in [0.29, 0.717) is 0 Å². The highest BCUT2D eigenvalue weighted by Gasteiger charge is 2.12. The minimum absolute atomic E-state index is 0.143. The van der Waals surface area contributed by atoms with Gasteiger partial charge < -0.3 is 4.90 Å². The van der Waals surface area contributed by atoms with Crippen LogP contribution in [0.25, 0.3) is 0 Å². The second kappa shape index (κ2) is 6.54. The Hall–Kier alpha value is -1.85. The number of nitrogens with one attached hydrogen (secondary N) is 1. The smallest absolute Gasteiger partial charge is 0.0492 e. The molecule has 0 amide bonds. The first-order valence-electron chi connectivity index (χ1n) is 6.82. The van der Waals surface area contributed by atoms with Crippen LogP contribution in [0.1, 0.15) is 23.7 Å². The number of nitrogens with two attached hydrogens (primary N) is 1. The van der Waals surface area contributed by atoms with Gasteiger partial charge in [0.2, 0.25) is 0 Å². The fourth-order valence-electron chi connectivity index (χ4n) is 2.30. The molecule has 5 nitrogen and oxygen atoms in total. The largest absolute Gasteiger partial charge is 0.378 e. The number of rotatable bonds is 6. The molecule has 1 aromatic carbocycles. The molecule has 0 bridgehead atoms. The maximum absolute atomic E-state index is 5.72. The average Bonchev–Trinajstić information content (AvgIpc) is 2.85. The summed E-state index contributed by atoms with van der Waals surface area (Å²) in [6.45, 7) is 0. The van der Waals surface area contributed by atoms with Crippen molar-refractivity contribution in [2.45, 2.75) is 18.9 Å². The highest BCUT2D eigenvalue weighted by molar-refractivity contribution is 5.47. The van der Waals surface area contributed by atoms with E-state index in [-0.39, 0.29) is 6.04 Å². The number of anilines is 1. The van der Waals surface area contributed by atoms with Gasteiger partial charge in [-0.15, -0.1) is 0 Å². The van der Waals surface area contributed by atoms with Gasteiger partial charge in [0.25, 0.3) is 0 Å². The summed E-state index contributed by atoms with van der Waals surface area (Å²) in [5, 5.41) is 4.19. The van der Waals surface area contributed by atoms with Gasteiger partial charge in [0, 0.05) is 44.8 Å². The zero-order chi connectivity index (χ0) is 14.5. The van der Waals surface area contributed by atoms with E-state index in [1.54, 1.807) is 0 Å². The minimum atomic E-state index is 0.143. The Balaban J connectivity index is 2.08. The van der Waals surface area contributed by atoms with E-state index < -0.39 is 0 Å². The quantitative estimate of drug-likeness (QED) is 0.620. The van der Waals surface area contributed by atoms with Crippen LogP contribution < -0.4 is 16.2 Å². The molecule has 0 spiro atoms. The highest BCUT2D eigenvalue weighted by atomic mass is 15.3. The number of hydrogen-bond acceptors (Lipinski definition) is 4. The summed E-state index contributed by atoms with van der Waals surface area (Å²) in [6, 6.07) is 10.6. The van der Waals surface area contributed by atoms with Crippen molar-refractivity contribution in [3.8, 4) is 0 Å². The molecule has 1 heterocycles. The summed E-state index contributed by atoms with van der Waals surface area (Å²) in [6.07, 6.45) is 3.71. The molecule has 2 aromatic rings. The maximum atomic E-state index is 5.72. The summed E-state index contributed by atoms with van der Waals surface area (Å²) in [5.74, 6) is 5.72. The van der Waals surface area contributed by atoms with Crippen molar-refractivity contribution in [3.63, 3.8) is 0 Å². The molecule has 1 atom stereocenters. The highest BCUT2D eigenvalue weighted by Crippen LogP contribution is 2.22. The van der Waals surface area contributed by atoms with Gasteiger partial charge in [-0.25, -0.2) is 0 Å². The van der Waals surface area contributed by atoms with Crippen molar-refractivity contribution in [1.82, 2.24) is 15.2 Å². The lowest BCUT2D eigenvalue weighted by Crippen LogP contribution is -2.28. The predicted molar refractivity (Wildman–Crippen MR) is 82.4 cm³/mol. The number of hydrogen-bond donors (Lipinski definition) is 2. The molecule has 2 rings (SSSR count). The van der Waals surface area contributed by atoms with Gasteiger partial charge in [-0.1, -0.05) is 12.1 Å². The Morgan fingerprint density at radius 1 is 1.35 bits per heavy atom. The lowest BCUT2D eigenvalue weighted by Gasteiger charge is -2.19. The van der Waals surface area contributed by atoms with Gasteiger partial charge >= 0.3 is 0 Å². The Morgan fingerprint density at radius 3 is 2.75 bits per heavy atom. The summed E-state index contributed by atoms with van der Waals surface area (Å²) in [4.78, 5) is 2.10. The van der Waals surface area contributed by atoms with Crippen LogP contribution in [0.3, 0.4) is 0 Å². The average molecular weight is 273 g/mol. The fourth-order valence-corrected chi connectivity index (χ4v) is 2.30. The van der Waals surface area contributed by atoms with E-state index in [4.69, 9.17) is 5.84 Å². The van der Waals surface area contributed by atoms with Crippen LogP contribution in [0.5, 0.6) is 0 Å². The molecular weight excluding hydrogens is 250 g/mol. The van der Waals surface area contributed by atoms with E-state index in [2.05, 4.69) is 39.7 Å². The zero-order valence-electron chi connectivity index (χ0n) is 12.4. The fraction of sp³-hybridized carbons (Fsp3) is 0.400. The second-order valence-electron chi connectivity index (χ2n) is 5.19. The third kappa shape index (κ3) is 3.37. The van der Waals surface area contributed by atoms with E-state index in [1.807, 2.05) is 38.1 Å². The third-order valence-corrected chi connectivity index (χ3v) is 3.60. The molecule has 5 heteroatoms. The van der Waals surface area contributed by atoms with Gasteiger partial charge in [-0.05, 0) is 36.6 Å². The monoisotopic (exact) mass is 273 g/mol. The summed E-state index contributed by atoms with van der Waals surface area (Å²) in [7, 11) is 6.05. The number of aromatic nitrogens is 2. The molecule has 1 aromatic heterocycles. The maximum Gasteiger partial charge on any atom is 0.0492 e. The molecule has 0 aliphatic carbocycles. The van der Waals surface area contributed by atoms with Crippen molar-refractivity contribution < 1.29 is 0 Å². The van der Waals surface area contributed by atoms with Crippen molar-refractivity contribution in [2.24, 2.45) is 12.9 Å². The number of nitrogens with zero attached hydrogens (tertiary/aromatic N) is 3. The summed E-state index contributed by atoms with van der Waals surface area (Å²) >= 11 is 0. The molecular formula is C15H23N5. The topological polar surface area (TPSA) is 59.1 Å². The lowest BCUT2D eigenvalue weighted by atomic mass is 10.0. The Kier molecular flexibility index (Phi) is 4.76. The Bertz CT molecular complexity index is 547. The van der Waals surface area contributed by atoms with E-state index >= 15 is 0 Å². The Morgan fingerprint density at radius 2 is 2.15 bits per heavy atom. The number of benzene rings is 1. The van der Waals surface area contributed by atoms with E-state index in [1.165, 1.54) is 16.9 Å². The van der Waals surface area contributed by atoms with Gasteiger partial charge in [-0.2, -0.15) is 5.10 Å². The molecule has 3 N–H and O–H groups in total. The minimum Gasteiger partial charge on any atom is -0.378 e. The van der Waals surface area contributed by atoms with Crippen LogP contribution in [-0.2, 0) is 13.5 Å². The zero-order valence-corrected chi connectivity index (χ0v) is 12.4. The van der Waals surface area contributed by atoms with Crippen molar-refractivity contribution in [2.75, 3.05) is 19.0 Å². The molecule has 0 fully saturated rings. The van der Waals surface area contributed by atoms with Crippen LogP contribution in [0, 0.1) is 0 Å². The number of hydrazine groups is 1. The predicted octanol–water partition coefficient (Wildman–Crippen LogP) is 1.62. The van der Waals surface area contributed by atoms with Gasteiger partial charge in [0.1, 0.15) is 0 Å². The molecule has 0 radical (unpaired) electrons. The van der Waals surface area contributed by atoms with E-state index in [0.717, 1.165) is 12.8 Å². The van der Waals surface area contributed by atoms with Crippen molar-refractivity contribution in [3.05, 3.63) is 47.8 Å². The molecule has 108 valence electrons. The second-order valence-corrected chi connectivity index (χ2v) is 5.19. The van der Waals surface area contributed by atoms with Crippen molar-refractivity contribution >= 4 is 5.69 Å². The van der Waals surface area contributed by atoms with Gasteiger partial charge in [-0.3, -0.25) is 16.0 Å². The van der Waals surface area contributed by atoms with Crippen LogP contribution in [-0.4, -0.2) is 23.9 Å². The summed E-state index contributed by atoms with van der Waals surface area (Å²) in [5.41, 5.74) is 6.53. The third-order valence-electron chi connectivity index (χ3n) is 3.60. The van der Waals surface area contributed by atoms with Crippen LogP contribution >= 0.6 is 0 Å². The molecule has 20 heavy (non-hydrogen) atoms. The first-order chi connectivity index (χ1) is 9.61. The van der Waals surface area contributed by atoms with Crippen LogP contribution in [0.15, 0.2) is 36.5 Å². The SMILES string of the molecule is CN(C)c1cccc(C(CCc2ccnn2C)NN)c1. The molecule has 1 unspecified atom stereocenters. The molecule has 0 saturated carbocycles.